The van der Waals surface area contributed by atoms with E-state index >= 15 is 0 Å². The highest BCUT2D eigenvalue weighted by atomic mass is 35.5. The van der Waals surface area contributed by atoms with Crippen molar-refractivity contribution in [2.24, 2.45) is 11.8 Å². The van der Waals surface area contributed by atoms with Crippen LogP contribution in [0.1, 0.15) is 25.7 Å². The van der Waals surface area contributed by atoms with Crippen LogP contribution in [-0.4, -0.2) is 29.8 Å². The molecule has 0 radical (unpaired) electrons. The second-order valence-electron chi connectivity index (χ2n) is 5.87. The molecule has 0 aromatic heterocycles. The molecule has 2 fully saturated rings. The Morgan fingerprint density at radius 2 is 1.90 bits per heavy atom. The Labute approximate surface area is 129 Å². The Kier molecular flexibility index (Phi) is 4.15. The van der Waals surface area contributed by atoms with Gasteiger partial charge in [0.1, 0.15) is 0 Å². The molecule has 21 heavy (non-hydrogen) atoms. The number of hydrogen-bond donors (Lipinski definition) is 1. The molecule has 2 amide bonds. The summed E-state index contributed by atoms with van der Waals surface area (Å²) in [6.07, 6.45) is 3.72. The van der Waals surface area contributed by atoms with Crippen molar-refractivity contribution < 1.29 is 9.59 Å². The lowest BCUT2D eigenvalue weighted by Crippen LogP contribution is -2.44. The largest absolute Gasteiger partial charge is 0.342 e. The van der Waals surface area contributed by atoms with E-state index in [1.807, 2.05) is 17.0 Å². The Morgan fingerprint density at radius 3 is 2.62 bits per heavy atom. The zero-order valence-corrected chi connectivity index (χ0v) is 12.6. The highest BCUT2D eigenvalue weighted by Crippen LogP contribution is 2.32. The van der Waals surface area contributed by atoms with Crippen LogP contribution in [0.3, 0.4) is 0 Å². The lowest BCUT2D eigenvalue weighted by Gasteiger charge is -2.32. The minimum absolute atomic E-state index is 0.0450. The second kappa shape index (κ2) is 6.06. The smallest absolute Gasteiger partial charge is 0.229 e. The molecule has 1 saturated heterocycles. The summed E-state index contributed by atoms with van der Waals surface area (Å²) < 4.78 is 0. The van der Waals surface area contributed by atoms with Gasteiger partial charge in [-0.25, -0.2) is 0 Å². The molecule has 1 aromatic carbocycles. The minimum Gasteiger partial charge on any atom is -0.342 e. The first-order valence-electron chi connectivity index (χ1n) is 7.49. The number of carbonyl (C=O) groups excluding carboxylic acids is 2. The number of hydrogen-bond acceptors (Lipinski definition) is 2. The molecule has 1 atom stereocenters. The summed E-state index contributed by atoms with van der Waals surface area (Å²) in [5.74, 6) is 0.259. The summed E-state index contributed by atoms with van der Waals surface area (Å²) in [6.45, 7) is 1.32. The van der Waals surface area contributed by atoms with Gasteiger partial charge >= 0.3 is 0 Å². The van der Waals surface area contributed by atoms with E-state index in [0.29, 0.717) is 17.3 Å². The Morgan fingerprint density at radius 1 is 1.14 bits per heavy atom. The predicted molar refractivity (Wildman–Crippen MR) is 82.1 cm³/mol. The number of likely N-dealkylation sites (tertiary alicyclic amines) is 1. The summed E-state index contributed by atoms with van der Waals surface area (Å²) in [7, 11) is 0. The molecule has 1 aliphatic carbocycles. The van der Waals surface area contributed by atoms with Gasteiger partial charge in [-0.1, -0.05) is 23.7 Å². The average Bonchev–Trinajstić information content (AvgIpc) is 3.34. The monoisotopic (exact) mass is 306 g/mol. The summed E-state index contributed by atoms with van der Waals surface area (Å²) in [6, 6.07) is 7.21. The third-order valence-electron chi connectivity index (χ3n) is 4.16. The van der Waals surface area contributed by atoms with Gasteiger partial charge in [0.15, 0.2) is 0 Å². The molecular weight excluding hydrogens is 288 g/mol. The van der Waals surface area contributed by atoms with Gasteiger partial charge in [0.2, 0.25) is 11.8 Å². The SMILES string of the molecule is O=C(Nc1ccccc1Cl)C1CCCN(C(=O)C2CC2)C1. The molecule has 2 aliphatic rings. The number of nitrogens with one attached hydrogen (secondary N) is 1. The van der Waals surface area contributed by atoms with E-state index in [0.717, 1.165) is 32.2 Å². The number of nitrogens with zero attached hydrogens (tertiary/aromatic N) is 1. The van der Waals surface area contributed by atoms with E-state index in [1.165, 1.54) is 0 Å². The number of rotatable bonds is 3. The molecule has 3 rings (SSSR count). The summed E-state index contributed by atoms with van der Waals surface area (Å²) >= 11 is 6.06. The number of anilines is 1. The minimum atomic E-state index is -0.141. The second-order valence-corrected chi connectivity index (χ2v) is 6.27. The predicted octanol–water partition coefficient (Wildman–Crippen LogP) is 2.93. The van der Waals surface area contributed by atoms with Crippen LogP contribution in [-0.2, 0) is 9.59 Å². The van der Waals surface area contributed by atoms with E-state index in [-0.39, 0.29) is 23.7 Å². The van der Waals surface area contributed by atoms with Crippen LogP contribution < -0.4 is 5.32 Å². The normalized spacial score (nSPS) is 22.0. The van der Waals surface area contributed by atoms with Crippen LogP contribution >= 0.6 is 11.6 Å². The highest BCUT2D eigenvalue weighted by molar-refractivity contribution is 6.33. The molecule has 5 heteroatoms. The van der Waals surface area contributed by atoms with Crippen LogP contribution in [0.2, 0.25) is 5.02 Å². The fraction of sp³-hybridized carbons (Fsp3) is 0.500. The first kappa shape index (κ1) is 14.4. The van der Waals surface area contributed by atoms with Crippen molar-refractivity contribution in [3.8, 4) is 0 Å². The zero-order valence-electron chi connectivity index (χ0n) is 11.8. The molecule has 1 unspecified atom stereocenters. The molecule has 0 spiro atoms. The highest BCUT2D eigenvalue weighted by Gasteiger charge is 2.36. The van der Waals surface area contributed by atoms with Gasteiger partial charge < -0.3 is 10.2 Å². The first-order valence-corrected chi connectivity index (χ1v) is 7.87. The lowest BCUT2D eigenvalue weighted by atomic mass is 9.96. The van der Waals surface area contributed by atoms with Gasteiger partial charge in [-0.3, -0.25) is 9.59 Å². The Bertz CT molecular complexity index is 557. The topological polar surface area (TPSA) is 49.4 Å². The lowest BCUT2D eigenvalue weighted by molar-refractivity contribution is -0.135. The van der Waals surface area contributed by atoms with Gasteiger partial charge in [0, 0.05) is 19.0 Å². The van der Waals surface area contributed by atoms with Crippen molar-refractivity contribution in [1.29, 1.82) is 0 Å². The van der Waals surface area contributed by atoms with Gasteiger partial charge in [-0.05, 0) is 37.8 Å². The Hall–Kier alpha value is -1.55. The van der Waals surface area contributed by atoms with Crippen LogP contribution in [0.4, 0.5) is 5.69 Å². The summed E-state index contributed by atoms with van der Waals surface area (Å²) in [5.41, 5.74) is 0.634. The maximum atomic E-state index is 12.4. The Balaban J connectivity index is 1.61. The number of carbonyl (C=O) groups is 2. The number of benzene rings is 1. The van der Waals surface area contributed by atoms with Crippen LogP contribution in [0.5, 0.6) is 0 Å². The van der Waals surface area contributed by atoms with E-state index in [9.17, 15) is 9.59 Å². The van der Waals surface area contributed by atoms with Gasteiger partial charge in [0.05, 0.1) is 16.6 Å². The summed E-state index contributed by atoms with van der Waals surface area (Å²) in [5, 5.41) is 3.41. The molecule has 1 saturated carbocycles. The van der Waals surface area contributed by atoms with Crippen molar-refractivity contribution in [2.45, 2.75) is 25.7 Å². The molecule has 1 heterocycles. The molecule has 0 bridgehead atoms. The van der Waals surface area contributed by atoms with E-state index < -0.39 is 0 Å². The molecule has 1 aliphatic heterocycles. The van der Waals surface area contributed by atoms with Crippen molar-refractivity contribution >= 4 is 29.1 Å². The molecule has 1 N–H and O–H groups in total. The molecule has 1 aromatic rings. The molecule has 4 nitrogen and oxygen atoms in total. The summed E-state index contributed by atoms with van der Waals surface area (Å²) in [4.78, 5) is 26.3. The maximum Gasteiger partial charge on any atom is 0.229 e. The number of halogens is 1. The van der Waals surface area contributed by atoms with E-state index in [1.54, 1.807) is 12.1 Å². The number of para-hydroxylation sites is 1. The average molecular weight is 307 g/mol. The number of piperidine rings is 1. The van der Waals surface area contributed by atoms with Gasteiger partial charge in [-0.15, -0.1) is 0 Å². The van der Waals surface area contributed by atoms with Crippen LogP contribution in [0.25, 0.3) is 0 Å². The third kappa shape index (κ3) is 3.38. The van der Waals surface area contributed by atoms with Crippen molar-refractivity contribution in [2.75, 3.05) is 18.4 Å². The van der Waals surface area contributed by atoms with Crippen LogP contribution in [0, 0.1) is 11.8 Å². The molecular formula is C16H19ClN2O2. The van der Waals surface area contributed by atoms with E-state index in [4.69, 9.17) is 11.6 Å². The van der Waals surface area contributed by atoms with E-state index in [2.05, 4.69) is 5.32 Å². The van der Waals surface area contributed by atoms with Gasteiger partial charge in [-0.2, -0.15) is 0 Å². The third-order valence-corrected chi connectivity index (χ3v) is 4.49. The van der Waals surface area contributed by atoms with Crippen molar-refractivity contribution in [1.82, 2.24) is 4.90 Å². The standard InChI is InChI=1S/C16H19ClN2O2/c17-13-5-1-2-6-14(13)18-15(20)12-4-3-9-19(10-12)16(21)11-7-8-11/h1-2,5-6,11-12H,3-4,7-10H2,(H,18,20). The molecule has 112 valence electrons. The quantitative estimate of drug-likeness (QED) is 0.933. The van der Waals surface area contributed by atoms with Gasteiger partial charge in [0.25, 0.3) is 0 Å². The van der Waals surface area contributed by atoms with Crippen LogP contribution in [0.15, 0.2) is 24.3 Å². The fourth-order valence-electron chi connectivity index (χ4n) is 2.78. The zero-order chi connectivity index (χ0) is 14.8. The van der Waals surface area contributed by atoms with Crippen molar-refractivity contribution in [3.63, 3.8) is 0 Å². The first-order chi connectivity index (χ1) is 10.1. The number of amides is 2. The van der Waals surface area contributed by atoms with Crippen molar-refractivity contribution in [3.05, 3.63) is 29.3 Å². The fourth-order valence-corrected chi connectivity index (χ4v) is 2.96. The maximum absolute atomic E-state index is 12.4.